The van der Waals surface area contributed by atoms with Crippen molar-refractivity contribution in [3.8, 4) is 0 Å². The van der Waals surface area contributed by atoms with Gasteiger partial charge >= 0.3 is 0 Å². The molecule has 0 fully saturated rings. The highest BCUT2D eigenvalue weighted by Crippen LogP contribution is 2.19. The zero-order valence-electron chi connectivity index (χ0n) is 10.4. The van der Waals surface area contributed by atoms with Gasteiger partial charge in [0.25, 0.3) is 5.91 Å². The molecule has 5 nitrogen and oxygen atoms in total. The van der Waals surface area contributed by atoms with E-state index < -0.39 is 10.0 Å². The van der Waals surface area contributed by atoms with Gasteiger partial charge in [0.05, 0.1) is 4.90 Å². The lowest BCUT2D eigenvalue weighted by atomic mass is 10.2. The molecule has 0 saturated carbocycles. The van der Waals surface area contributed by atoms with Gasteiger partial charge in [0, 0.05) is 16.1 Å². The van der Waals surface area contributed by atoms with E-state index in [1.165, 1.54) is 18.2 Å². The summed E-state index contributed by atoms with van der Waals surface area (Å²) in [6, 6.07) is 4.04. The van der Waals surface area contributed by atoms with Crippen LogP contribution in [0.2, 0.25) is 0 Å². The third-order valence-corrected chi connectivity index (χ3v) is 3.71. The fraction of sp³-hybridized carbons (Fsp3) is 0.250. The number of rotatable bonds is 5. The maximum atomic E-state index is 12.0. The molecule has 0 aromatic heterocycles. The van der Waals surface area contributed by atoms with E-state index in [1.807, 2.05) is 6.92 Å². The standard InChI is InChI=1S/C12H15BrN2O3S/c1-3-4-8(2)15-12(16)9-5-10(13)7-11(6-9)19(14,17)18/h3,5-8H,1,4H2,2H3,(H,15,16)(H2,14,17,18). The maximum absolute atomic E-state index is 12.0. The summed E-state index contributed by atoms with van der Waals surface area (Å²) in [5.41, 5.74) is 0.231. The number of carbonyl (C=O) groups excluding carboxylic acids is 1. The number of hydrogen-bond acceptors (Lipinski definition) is 3. The molecule has 0 heterocycles. The Morgan fingerprint density at radius 3 is 2.68 bits per heavy atom. The molecule has 0 bridgehead atoms. The van der Waals surface area contributed by atoms with E-state index in [-0.39, 0.29) is 22.4 Å². The van der Waals surface area contributed by atoms with Crippen LogP contribution in [0.25, 0.3) is 0 Å². The predicted octanol–water partition coefficient (Wildman–Crippen LogP) is 1.79. The minimum absolute atomic E-state index is 0.0816. The highest BCUT2D eigenvalue weighted by Gasteiger charge is 2.15. The SMILES string of the molecule is C=CCC(C)NC(=O)c1cc(Br)cc(S(N)(=O)=O)c1. The molecule has 1 rings (SSSR count). The number of nitrogens with two attached hydrogens (primary N) is 1. The number of carbonyl (C=O) groups is 1. The second kappa shape index (κ2) is 6.31. The first-order valence-electron chi connectivity index (χ1n) is 5.49. The van der Waals surface area contributed by atoms with Crippen LogP contribution in [0.5, 0.6) is 0 Å². The Morgan fingerprint density at radius 1 is 1.53 bits per heavy atom. The minimum atomic E-state index is -3.85. The van der Waals surface area contributed by atoms with Crippen LogP contribution in [0.1, 0.15) is 23.7 Å². The monoisotopic (exact) mass is 346 g/mol. The van der Waals surface area contributed by atoms with Crippen molar-refractivity contribution in [2.45, 2.75) is 24.3 Å². The van der Waals surface area contributed by atoms with E-state index in [0.717, 1.165) is 0 Å². The molecule has 1 aromatic carbocycles. The summed E-state index contributed by atoms with van der Waals surface area (Å²) in [6.07, 6.45) is 2.32. The molecule has 0 aliphatic heterocycles. The fourth-order valence-corrected chi connectivity index (χ4v) is 2.70. The Labute approximate surface area is 121 Å². The number of sulfonamides is 1. The Bertz CT molecular complexity index is 599. The summed E-state index contributed by atoms with van der Waals surface area (Å²) in [6.45, 7) is 5.42. The lowest BCUT2D eigenvalue weighted by Crippen LogP contribution is -2.32. The summed E-state index contributed by atoms with van der Waals surface area (Å²) < 4.78 is 23.1. The van der Waals surface area contributed by atoms with Crippen LogP contribution < -0.4 is 10.5 Å². The highest BCUT2D eigenvalue weighted by molar-refractivity contribution is 9.10. The molecule has 1 atom stereocenters. The molecule has 1 aromatic rings. The molecular weight excluding hydrogens is 332 g/mol. The lowest BCUT2D eigenvalue weighted by Gasteiger charge is -2.12. The maximum Gasteiger partial charge on any atom is 0.251 e. The lowest BCUT2D eigenvalue weighted by molar-refractivity contribution is 0.0940. The summed E-state index contributed by atoms with van der Waals surface area (Å²) in [5.74, 6) is -0.361. The molecule has 0 aliphatic rings. The van der Waals surface area contributed by atoms with E-state index in [9.17, 15) is 13.2 Å². The van der Waals surface area contributed by atoms with E-state index in [1.54, 1.807) is 6.08 Å². The van der Waals surface area contributed by atoms with Gasteiger partial charge in [-0.1, -0.05) is 22.0 Å². The fourth-order valence-electron chi connectivity index (χ4n) is 1.47. The molecule has 0 radical (unpaired) electrons. The van der Waals surface area contributed by atoms with Crippen LogP contribution in [0.15, 0.2) is 40.2 Å². The van der Waals surface area contributed by atoms with Gasteiger partial charge in [-0.05, 0) is 31.5 Å². The van der Waals surface area contributed by atoms with Crippen molar-refractivity contribution >= 4 is 31.9 Å². The van der Waals surface area contributed by atoms with Crippen LogP contribution in [0.3, 0.4) is 0 Å². The molecular formula is C12H15BrN2O3S. The van der Waals surface area contributed by atoms with Gasteiger partial charge in [-0.3, -0.25) is 4.79 Å². The first kappa shape index (κ1) is 15.9. The molecule has 0 spiro atoms. The van der Waals surface area contributed by atoms with Crippen LogP contribution in [-0.2, 0) is 10.0 Å². The van der Waals surface area contributed by atoms with Crippen molar-refractivity contribution in [2.24, 2.45) is 5.14 Å². The average Bonchev–Trinajstić information content (AvgIpc) is 2.27. The van der Waals surface area contributed by atoms with Crippen molar-refractivity contribution in [1.29, 1.82) is 0 Å². The first-order valence-corrected chi connectivity index (χ1v) is 7.83. The Morgan fingerprint density at radius 2 is 2.16 bits per heavy atom. The smallest absolute Gasteiger partial charge is 0.251 e. The summed E-state index contributed by atoms with van der Waals surface area (Å²) in [7, 11) is -3.85. The molecule has 19 heavy (non-hydrogen) atoms. The van der Waals surface area contributed by atoms with Crippen LogP contribution in [0.4, 0.5) is 0 Å². The van der Waals surface area contributed by atoms with Gasteiger partial charge in [-0.2, -0.15) is 0 Å². The van der Waals surface area contributed by atoms with E-state index >= 15 is 0 Å². The van der Waals surface area contributed by atoms with Crippen LogP contribution in [0, 0.1) is 0 Å². The number of primary sulfonamides is 1. The average molecular weight is 347 g/mol. The number of hydrogen-bond donors (Lipinski definition) is 2. The topological polar surface area (TPSA) is 89.3 Å². The van der Waals surface area contributed by atoms with E-state index in [2.05, 4.69) is 27.8 Å². The third kappa shape index (κ3) is 4.77. The minimum Gasteiger partial charge on any atom is -0.349 e. The van der Waals surface area contributed by atoms with Crippen LogP contribution in [-0.4, -0.2) is 20.4 Å². The van der Waals surface area contributed by atoms with Gasteiger partial charge in [0.15, 0.2) is 0 Å². The van der Waals surface area contributed by atoms with Crippen molar-refractivity contribution in [1.82, 2.24) is 5.32 Å². The second-order valence-electron chi connectivity index (χ2n) is 4.12. The van der Waals surface area contributed by atoms with Crippen LogP contribution >= 0.6 is 15.9 Å². The number of amides is 1. The van der Waals surface area contributed by atoms with Gasteiger partial charge in [0.2, 0.25) is 10.0 Å². The summed E-state index contributed by atoms with van der Waals surface area (Å²) in [4.78, 5) is 11.9. The molecule has 1 unspecified atom stereocenters. The first-order chi connectivity index (χ1) is 8.74. The second-order valence-corrected chi connectivity index (χ2v) is 6.60. The number of nitrogens with one attached hydrogen (secondary N) is 1. The Hall–Kier alpha value is -1.18. The summed E-state index contributed by atoms with van der Waals surface area (Å²) >= 11 is 3.15. The zero-order valence-corrected chi connectivity index (χ0v) is 12.8. The van der Waals surface area contributed by atoms with Crippen molar-refractivity contribution in [3.63, 3.8) is 0 Å². The largest absolute Gasteiger partial charge is 0.349 e. The molecule has 0 saturated heterocycles. The van der Waals surface area contributed by atoms with Gasteiger partial charge in [-0.25, -0.2) is 13.6 Å². The Balaban J connectivity index is 3.04. The van der Waals surface area contributed by atoms with E-state index in [4.69, 9.17) is 5.14 Å². The van der Waals surface area contributed by atoms with Gasteiger partial charge in [-0.15, -0.1) is 6.58 Å². The predicted molar refractivity (Wildman–Crippen MR) is 77.3 cm³/mol. The van der Waals surface area contributed by atoms with E-state index in [0.29, 0.717) is 10.9 Å². The number of halogens is 1. The van der Waals surface area contributed by atoms with Gasteiger partial charge < -0.3 is 5.32 Å². The summed E-state index contributed by atoms with van der Waals surface area (Å²) in [5, 5.41) is 7.79. The van der Waals surface area contributed by atoms with Crippen molar-refractivity contribution in [2.75, 3.05) is 0 Å². The molecule has 3 N–H and O–H groups in total. The molecule has 104 valence electrons. The molecule has 7 heteroatoms. The normalized spacial score (nSPS) is 12.8. The molecule has 0 aliphatic carbocycles. The van der Waals surface area contributed by atoms with Crippen molar-refractivity contribution in [3.05, 3.63) is 40.9 Å². The van der Waals surface area contributed by atoms with Crippen molar-refractivity contribution < 1.29 is 13.2 Å². The number of benzene rings is 1. The van der Waals surface area contributed by atoms with Gasteiger partial charge in [0.1, 0.15) is 0 Å². The quantitative estimate of drug-likeness (QED) is 0.796. The Kier molecular flexibility index (Phi) is 5.28. The zero-order chi connectivity index (χ0) is 14.6. The highest BCUT2D eigenvalue weighted by atomic mass is 79.9. The molecule has 1 amide bonds. The third-order valence-electron chi connectivity index (χ3n) is 2.36.